The Balaban J connectivity index is 1.76. The number of para-hydroxylation sites is 1. The van der Waals surface area contributed by atoms with Crippen molar-refractivity contribution < 1.29 is 29.3 Å². The topological polar surface area (TPSA) is 96.3 Å². The minimum absolute atomic E-state index is 0.000216. The molecule has 0 saturated heterocycles. The van der Waals surface area contributed by atoms with E-state index in [1.54, 1.807) is 48.4 Å². The maximum Gasteiger partial charge on any atom is 0.235 e. The lowest BCUT2D eigenvalue weighted by atomic mass is 9.89. The number of methoxy groups -OCH3 is 1. The molecule has 154 valence electrons. The zero-order valence-corrected chi connectivity index (χ0v) is 16.5. The second kappa shape index (κ2) is 6.91. The first-order chi connectivity index (χ1) is 15.0. The van der Waals surface area contributed by atoms with Crippen LogP contribution < -0.4 is 14.4 Å². The Bertz CT molecular complexity index is 1280. The lowest BCUT2D eigenvalue weighted by Gasteiger charge is -2.29. The Morgan fingerprint density at radius 1 is 0.871 bits per heavy atom. The van der Waals surface area contributed by atoms with Crippen LogP contribution in [0.5, 0.6) is 23.0 Å². The molecule has 0 aromatic heterocycles. The number of ether oxygens (including phenoxy) is 2. The van der Waals surface area contributed by atoms with Crippen molar-refractivity contribution in [1.29, 1.82) is 0 Å². The third kappa shape index (κ3) is 2.82. The van der Waals surface area contributed by atoms with Crippen LogP contribution in [0.4, 0.5) is 5.69 Å². The predicted octanol–water partition coefficient (Wildman–Crippen LogP) is 3.80. The largest absolute Gasteiger partial charge is 0.507 e. The van der Waals surface area contributed by atoms with Crippen molar-refractivity contribution in [3.63, 3.8) is 0 Å². The number of phenolic OH excluding ortho intramolecular Hbond substituents is 2. The van der Waals surface area contributed by atoms with Crippen molar-refractivity contribution in [1.82, 2.24) is 0 Å². The lowest BCUT2D eigenvalue weighted by Crippen LogP contribution is -2.34. The molecule has 31 heavy (non-hydrogen) atoms. The third-order valence-corrected chi connectivity index (χ3v) is 5.42. The molecular weight excluding hydrogens is 398 g/mol. The zero-order chi connectivity index (χ0) is 21.7. The number of anilines is 1. The summed E-state index contributed by atoms with van der Waals surface area (Å²) in [5.41, 5.74) is 0.901. The third-order valence-electron chi connectivity index (χ3n) is 5.42. The summed E-state index contributed by atoms with van der Waals surface area (Å²) in [6.45, 7) is 0.259. The Morgan fingerprint density at radius 3 is 2.19 bits per heavy atom. The monoisotopic (exact) mass is 415 g/mol. The van der Waals surface area contributed by atoms with Gasteiger partial charge in [-0.2, -0.15) is 0 Å². The molecule has 3 aromatic rings. The molecule has 0 saturated carbocycles. The van der Waals surface area contributed by atoms with E-state index in [4.69, 9.17) is 9.47 Å². The number of phenols is 2. The van der Waals surface area contributed by atoms with Crippen molar-refractivity contribution in [2.45, 2.75) is 6.54 Å². The minimum atomic E-state index is -0.673. The molecule has 3 aromatic carbocycles. The maximum absolute atomic E-state index is 13.6. The van der Waals surface area contributed by atoms with Gasteiger partial charge in [0, 0.05) is 11.3 Å². The molecular formula is C24H17NO6. The van der Waals surface area contributed by atoms with E-state index in [-0.39, 0.29) is 34.9 Å². The number of Topliss-reactive ketones (excluding diaryl/α,β-unsaturated/α-hetero) is 2. The fraction of sp³-hybridized carbons (Fsp3) is 0.0833. The van der Waals surface area contributed by atoms with E-state index >= 15 is 0 Å². The lowest BCUT2D eigenvalue weighted by molar-refractivity contribution is 0.0931. The van der Waals surface area contributed by atoms with Crippen LogP contribution in [0.15, 0.2) is 72.1 Å². The van der Waals surface area contributed by atoms with Crippen LogP contribution in [0, 0.1) is 0 Å². The number of allylic oxidation sites excluding steroid dienone is 2. The summed E-state index contributed by atoms with van der Waals surface area (Å²) in [5.74, 6) is -1.17. The van der Waals surface area contributed by atoms with Gasteiger partial charge < -0.3 is 24.6 Å². The van der Waals surface area contributed by atoms with E-state index in [9.17, 15) is 19.8 Å². The van der Waals surface area contributed by atoms with Crippen molar-refractivity contribution in [3.8, 4) is 23.0 Å². The van der Waals surface area contributed by atoms with Crippen molar-refractivity contribution in [3.05, 3.63) is 88.8 Å². The van der Waals surface area contributed by atoms with Gasteiger partial charge in [-0.1, -0.05) is 18.2 Å². The van der Waals surface area contributed by atoms with Crippen molar-refractivity contribution in [2.75, 3.05) is 12.0 Å². The van der Waals surface area contributed by atoms with Gasteiger partial charge in [0.25, 0.3) is 0 Å². The van der Waals surface area contributed by atoms with Gasteiger partial charge in [-0.05, 0) is 42.5 Å². The Morgan fingerprint density at radius 2 is 1.52 bits per heavy atom. The van der Waals surface area contributed by atoms with Gasteiger partial charge in [0.05, 0.1) is 24.8 Å². The van der Waals surface area contributed by atoms with Gasteiger partial charge in [-0.15, -0.1) is 0 Å². The number of hydrogen-bond donors (Lipinski definition) is 2. The number of benzene rings is 3. The summed E-state index contributed by atoms with van der Waals surface area (Å²) < 4.78 is 11.2. The summed E-state index contributed by atoms with van der Waals surface area (Å²) in [6, 6.07) is 16.6. The minimum Gasteiger partial charge on any atom is -0.507 e. The smallest absolute Gasteiger partial charge is 0.235 e. The molecule has 1 heterocycles. The van der Waals surface area contributed by atoms with Gasteiger partial charge in [-0.25, -0.2) is 0 Å². The van der Waals surface area contributed by atoms with Crippen LogP contribution in [0.25, 0.3) is 0 Å². The first-order valence-electron chi connectivity index (χ1n) is 9.55. The standard InChI is InChI=1S/C24H17NO6/c1-30-15-8-6-14(7-9-15)25-12-13-4-2-3-5-18(13)31-24-21(25)22(28)19-16(26)10-11-17(27)20(19)23(24)29/h2-11,26-27H,12H2,1H3. The molecule has 0 bridgehead atoms. The predicted molar refractivity (Wildman–Crippen MR) is 112 cm³/mol. The Labute approximate surface area is 177 Å². The van der Waals surface area contributed by atoms with E-state index < -0.39 is 17.3 Å². The normalized spacial score (nSPS) is 14.9. The first-order valence-corrected chi connectivity index (χ1v) is 9.55. The van der Waals surface area contributed by atoms with E-state index in [1.165, 1.54) is 12.1 Å². The molecule has 0 amide bonds. The summed E-state index contributed by atoms with van der Waals surface area (Å²) >= 11 is 0. The quantitative estimate of drug-likeness (QED) is 0.615. The highest BCUT2D eigenvalue weighted by atomic mass is 16.5. The van der Waals surface area contributed by atoms with E-state index in [0.29, 0.717) is 17.2 Å². The van der Waals surface area contributed by atoms with E-state index in [1.807, 2.05) is 12.1 Å². The number of hydrogen-bond acceptors (Lipinski definition) is 7. The molecule has 0 atom stereocenters. The number of aromatic hydroxyl groups is 2. The summed E-state index contributed by atoms with van der Waals surface area (Å²) in [5, 5.41) is 20.6. The highest BCUT2D eigenvalue weighted by Gasteiger charge is 2.42. The van der Waals surface area contributed by atoms with Crippen LogP contribution in [0.2, 0.25) is 0 Å². The Hall–Kier alpha value is -4.26. The highest BCUT2D eigenvalue weighted by Crippen LogP contribution is 2.42. The first kappa shape index (κ1) is 18.7. The number of carbonyl (C=O) groups excluding carboxylic acids is 2. The van der Waals surface area contributed by atoms with Crippen LogP contribution >= 0.6 is 0 Å². The molecule has 5 rings (SSSR count). The molecule has 7 nitrogen and oxygen atoms in total. The van der Waals surface area contributed by atoms with E-state index in [0.717, 1.165) is 5.56 Å². The van der Waals surface area contributed by atoms with E-state index in [2.05, 4.69) is 0 Å². The molecule has 0 fully saturated rings. The zero-order valence-electron chi connectivity index (χ0n) is 16.5. The molecule has 1 aliphatic heterocycles. The molecule has 7 heteroatoms. The van der Waals surface area contributed by atoms with Crippen molar-refractivity contribution in [2.24, 2.45) is 0 Å². The number of ketones is 2. The van der Waals surface area contributed by atoms with Crippen LogP contribution in [0.1, 0.15) is 26.3 Å². The van der Waals surface area contributed by atoms with Crippen LogP contribution in [-0.2, 0) is 6.54 Å². The molecule has 0 radical (unpaired) electrons. The maximum atomic E-state index is 13.6. The molecule has 0 unspecified atom stereocenters. The summed E-state index contributed by atoms with van der Waals surface area (Å²) in [6.07, 6.45) is 0. The van der Waals surface area contributed by atoms with Gasteiger partial charge in [-0.3, -0.25) is 9.59 Å². The summed E-state index contributed by atoms with van der Waals surface area (Å²) in [7, 11) is 1.56. The number of carbonyl (C=O) groups is 2. The van der Waals surface area contributed by atoms with Gasteiger partial charge in [0.15, 0.2) is 0 Å². The van der Waals surface area contributed by atoms with Crippen LogP contribution in [-0.4, -0.2) is 28.9 Å². The molecule has 2 N–H and O–H groups in total. The van der Waals surface area contributed by atoms with Gasteiger partial charge in [0.2, 0.25) is 17.3 Å². The second-order valence-corrected chi connectivity index (χ2v) is 7.18. The molecule has 0 spiro atoms. The van der Waals surface area contributed by atoms with Gasteiger partial charge >= 0.3 is 0 Å². The fourth-order valence-corrected chi connectivity index (χ4v) is 3.90. The Kier molecular flexibility index (Phi) is 4.18. The summed E-state index contributed by atoms with van der Waals surface area (Å²) in [4.78, 5) is 28.6. The second-order valence-electron chi connectivity index (χ2n) is 7.18. The highest BCUT2D eigenvalue weighted by molar-refractivity contribution is 6.29. The number of rotatable bonds is 2. The average molecular weight is 415 g/mol. The fourth-order valence-electron chi connectivity index (χ4n) is 3.90. The average Bonchev–Trinajstić information content (AvgIpc) is 2.96. The van der Waals surface area contributed by atoms with Gasteiger partial charge in [0.1, 0.15) is 28.7 Å². The van der Waals surface area contributed by atoms with Crippen molar-refractivity contribution >= 4 is 17.3 Å². The SMILES string of the molecule is COc1ccc(N2Cc3ccccc3OC3=C2C(=O)c2c(O)ccc(O)c2C3=O)cc1. The number of fused-ring (bicyclic) bond motifs is 2. The van der Waals surface area contributed by atoms with Crippen LogP contribution in [0.3, 0.4) is 0 Å². The number of nitrogens with zero attached hydrogens (tertiary/aromatic N) is 1. The molecule has 2 aliphatic rings. The molecule has 1 aliphatic carbocycles.